The molecule has 0 aliphatic heterocycles. The SMILES string of the molecule is CCn1cc(S(=O)(=O)Nc2ncccc2Cl)cc1CNC. The van der Waals surface area contributed by atoms with E-state index in [0.717, 1.165) is 5.69 Å². The zero-order chi connectivity index (χ0) is 15.5. The van der Waals surface area contributed by atoms with Crippen molar-refractivity contribution >= 4 is 27.4 Å². The number of hydrogen-bond donors (Lipinski definition) is 2. The lowest BCUT2D eigenvalue weighted by molar-refractivity contribution is 0.600. The van der Waals surface area contributed by atoms with Crippen LogP contribution in [-0.4, -0.2) is 25.0 Å². The van der Waals surface area contributed by atoms with Crippen molar-refractivity contribution in [2.45, 2.75) is 24.9 Å². The Balaban J connectivity index is 2.34. The summed E-state index contributed by atoms with van der Waals surface area (Å²) in [6.45, 7) is 3.24. The maximum atomic E-state index is 12.4. The van der Waals surface area contributed by atoms with Gasteiger partial charge in [-0.15, -0.1) is 0 Å². The van der Waals surface area contributed by atoms with E-state index >= 15 is 0 Å². The number of anilines is 1. The fourth-order valence-corrected chi connectivity index (χ4v) is 3.26. The fraction of sp³-hybridized carbons (Fsp3) is 0.308. The van der Waals surface area contributed by atoms with Crippen LogP contribution in [0.4, 0.5) is 5.82 Å². The predicted octanol–water partition coefficient (Wildman–Crippen LogP) is 2.08. The summed E-state index contributed by atoms with van der Waals surface area (Å²) in [5.74, 6) is 0.124. The number of nitrogens with zero attached hydrogens (tertiary/aromatic N) is 2. The summed E-state index contributed by atoms with van der Waals surface area (Å²) in [6, 6.07) is 4.86. The summed E-state index contributed by atoms with van der Waals surface area (Å²) in [7, 11) is -1.90. The smallest absolute Gasteiger partial charge is 0.264 e. The first-order valence-corrected chi connectivity index (χ1v) is 8.31. The molecule has 2 aromatic heterocycles. The van der Waals surface area contributed by atoms with Crippen LogP contribution in [0.15, 0.2) is 35.5 Å². The number of hydrogen-bond acceptors (Lipinski definition) is 4. The van der Waals surface area contributed by atoms with E-state index in [0.29, 0.717) is 13.1 Å². The van der Waals surface area contributed by atoms with Crippen molar-refractivity contribution in [2.24, 2.45) is 0 Å². The summed E-state index contributed by atoms with van der Waals surface area (Å²) in [5, 5.41) is 3.27. The first kappa shape index (κ1) is 15.8. The summed E-state index contributed by atoms with van der Waals surface area (Å²) in [4.78, 5) is 4.12. The van der Waals surface area contributed by atoms with Crippen molar-refractivity contribution in [3.8, 4) is 0 Å². The standard InChI is InChI=1S/C13H17ClN4O2S/c1-3-18-9-11(7-10(18)8-15-2)21(19,20)17-13-12(14)5-4-6-16-13/h4-7,9,15H,3,8H2,1-2H3,(H,16,17). The van der Waals surface area contributed by atoms with Crippen molar-refractivity contribution in [2.75, 3.05) is 11.8 Å². The van der Waals surface area contributed by atoms with Gasteiger partial charge in [-0.1, -0.05) is 11.6 Å². The minimum Gasteiger partial charge on any atom is -0.349 e. The lowest BCUT2D eigenvalue weighted by atomic mass is 10.4. The first-order chi connectivity index (χ1) is 9.97. The number of aromatic nitrogens is 2. The van der Waals surface area contributed by atoms with Crippen molar-refractivity contribution in [3.05, 3.63) is 41.3 Å². The predicted molar refractivity (Wildman–Crippen MR) is 82.9 cm³/mol. The molecule has 0 aliphatic carbocycles. The van der Waals surface area contributed by atoms with Gasteiger partial charge in [0.15, 0.2) is 5.82 Å². The molecule has 114 valence electrons. The minimum atomic E-state index is -3.71. The highest BCUT2D eigenvalue weighted by atomic mass is 35.5. The molecule has 0 amide bonds. The molecule has 0 aromatic carbocycles. The van der Waals surface area contributed by atoms with E-state index in [4.69, 9.17) is 11.6 Å². The quantitative estimate of drug-likeness (QED) is 0.851. The van der Waals surface area contributed by atoms with E-state index in [9.17, 15) is 8.42 Å². The summed E-state index contributed by atoms with van der Waals surface area (Å²) in [5.41, 5.74) is 0.896. The van der Waals surface area contributed by atoms with E-state index in [1.807, 2.05) is 18.5 Å². The molecule has 0 aliphatic rings. The van der Waals surface area contributed by atoms with Gasteiger partial charge in [0.25, 0.3) is 10.0 Å². The Kier molecular flexibility index (Phi) is 4.87. The molecule has 2 aromatic rings. The van der Waals surface area contributed by atoms with E-state index in [1.54, 1.807) is 24.4 Å². The first-order valence-electron chi connectivity index (χ1n) is 6.45. The lowest BCUT2D eigenvalue weighted by Gasteiger charge is -2.06. The molecule has 6 nitrogen and oxygen atoms in total. The van der Waals surface area contributed by atoms with Gasteiger partial charge in [-0.25, -0.2) is 13.4 Å². The third kappa shape index (κ3) is 3.55. The highest BCUT2D eigenvalue weighted by Gasteiger charge is 2.19. The van der Waals surface area contributed by atoms with Crippen LogP contribution in [0, 0.1) is 0 Å². The summed E-state index contributed by atoms with van der Waals surface area (Å²) >= 11 is 5.93. The fourth-order valence-electron chi connectivity index (χ4n) is 1.94. The Morgan fingerprint density at radius 1 is 1.43 bits per heavy atom. The lowest BCUT2D eigenvalue weighted by Crippen LogP contribution is -2.13. The van der Waals surface area contributed by atoms with Crippen molar-refractivity contribution in [3.63, 3.8) is 0 Å². The number of sulfonamides is 1. The average molecular weight is 329 g/mol. The second-order valence-corrected chi connectivity index (χ2v) is 6.51. The number of aryl methyl sites for hydroxylation is 1. The monoisotopic (exact) mass is 328 g/mol. The molecule has 21 heavy (non-hydrogen) atoms. The van der Waals surface area contributed by atoms with Gasteiger partial charge in [0, 0.05) is 31.2 Å². The Hall–Kier alpha value is -1.57. The minimum absolute atomic E-state index is 0.124. The maximum absolute atomic E-state index is 12.4. The Morgan fingerprint density at radius 3 is 2.81 bits per heavy atom. The second kappa shape index (κ2) is 6.46. The molecule has 0 bridgehead atoms. The van der Waals surface area contributed by atoms with Gasteiger partial charge in [0.1, 0.15) is 4.90 Å². The molecule has 0 spiro atoms. The second-order valence-electron chi connectivity index (χ2n) is 4.42. The van der Waals surface area contributed by atoms with Crippen LogP contribution in [0.5, 0.6) is 0 Å². The molecule has 0 saturated heterocycles. The van der Waals surface area contributed by atoms with Crippen LogP contribution >= 0.6 is 11.6 Å². The molecule has 2 N–H and O–H groups in total. The van der Waals surface area contributed by atoms with E-state index in [1.165, 1.54) is 6.20 Å². The third-order valence-electron chi connectivity index (χ3n) is 2.96. The molecule has 0 saturated carbocycles. The van der Waals surface area contributed by atoms with Gasteiger partial charge in [0.2, 0.25) is 0 Å². The topological polar surface area (TPSA) is 76.0 Å². The van der Waals surface area contributed by atoms with Crippen LogP contribution in [0.1, 0.15) is 12.6 Å². The molecule has 2 heterocycles. The molecule has 0 unspecified atom stereocenters. The van der Waals surface area contributed by atoms with Crippen molar-refractivity contribution < 1.29 is 8.42 Å². The molecular weight excluding hydrogens is 312 g/mol. The van der Waals surface area contributed by atoms with E-state index in [-0.39, 0.29) is 15.7 Å². The van der Waals surface area contributed by atoms with Gasteiger partial charge >= 0.3 is 0 Å². The molecule has 0 atom stereocenters. The van der Waals surface area contributed by atoms with Crippen LogP contribution in [0.25, 0.3) is 0 Å². The molecular formula is C13H17ClN4O2S. The van der Waals surface area contributed by atoms with E-state index in [2.05, 4.69) is 15.0 Å². The normalized spacial score (nSPS) is 11.6. The summed E-state index contributed by atoms with van der Waals surface area (Å²) in [6.07, 6.45) is 3.08. The van der Waals surface area contributed by atoms with Crippen molar-refractivity contribution in [1.29, 1.82) is 0 Å². The van der Waals surface area contributed by atoms with Gasteiger partial charge in [0.05, 0.1) is 5.02 Å². The largest absolute Gasteiger partial charge is 0.349 e. The molecule has 2 rings (SSSR count). The highest BCUT2D eigenvalue weighted by molar-refractivity contribution is 7.92. The molecule has 0 fully saturated rings. The zero-order valence-electron chi connectivity index (χ0n) is 11.8. The number of halogens is 1. The van der Waals surface area contributed by atoms with Crippen LogP contribution in [0.3, 0.4) is 0 Å². The Bertz CT molecular complexity index is 728. The Morgan fingerprint density at radius 2 is 2.19 bits per heavy atom. The van der Waals surface area contributed by atoms with Gasteiger partial charge in [-0.2, -0.15) is 0 Å². The van der Waals surface area contributed by atoms with Crippen LogP contribution < -0.4 is 10.0 Å². The molecule has 0 radical (unpaired) electrons. The number of nitrogens with one attached hydrogen (secondary N) is 2. The van der Waals surface area contributed by atoms with Gasteiger partial charge < -0.3 is 9.88 Å². The summed E-state index contributed by atoms with van der Waals surface area (Å²) < 4.78 is 29.1. The Labute approximate surface area is 129 Å². The van der Waals surface area contributed by atoms with Gasteiger partial charge in [-0.05, 0) is 32.2 Å². The average Bonchev–Trinajstić information content (AvgIpc) is 2.86. The number of rotatable bonds is 6. The van der Waals surface area contributed by atoms with Gasteiger partial charge in [-0.3, -0.25) is 4.72 Å². The molecule has 8 heteroatoms. The highest BCUT2D eigenvalue weighted by Crippen LogP contribution is 2.22. The number of pyridine rings is 1. The van der Waals surface area contributed by atoms with Crippen LogP contribution in [-0.2, 0) is 23.1 Å². The van der Waals surface area contributed by atoms with Crippen LogP contribution in [0.2, 0.25) is 5.02 Å². The van der Waals surface area contributed by atoms with Crippen molar-refractivity contribution in [1.82, 2.24) is 14.9 Å². The van der Waals surface area contributed by atoms with E-state index < -0.39 is 10.0 Å². The maximum Gasteiger partial charge on any atom is 0.264 e. The third-order valence-corrected chi connectivity index (χ3v) is 4.57. The zero-order valence-corrected chi connectivity index (χ0v) is 13.4.